The number of nitrogens with zero attached hydrogens (tertiary/aromatic N) is 1. The molecule has 2 N–H and O–H groups in total. The molecule has 11 heteroatoms. The third-order valence-corrected chi connectivity index (χ3v) is 6.47. The smallest absolute Gasteiger partial charge is 0.426 e. The van der Waals surface area contributed by atoms with Crippen LogP contribution in [0.2, 0.25) is 0 Å². The average Bonchev–Trinajstić information content (AvgIpc) is 3.15. The van der Waals surface area contributed by atoms with Crippen LogP contribution in [0.15, 0.2) is 59.1 Å². The third kappa shape index (κ3) is 4.76. The summed E-state index contributed by atoms with van der Waals surface area (Å²) >= 11 is 3.44. The van der Waals surface area contributed by atoms with Gasteiger partial charge in [0.15, 0.2) is 0 Å². The Balaban J connectivity index is 1.91. The van der Waals surface area contributed by atoms with Crippen LogP contribution in [0.5, 0.6) is 5.75 Å². The van der Waals surface area contributed by atoms with Gasteiger partial charge in [-0.1, -0.05) is 35.0 Å². The van der Waals surface area contributed by atoms with Crippen LogP contribution in [-0.4, -0.2) is 44.2 Å². The largest absolute Gasteiger partial charge is 0.497 e. The van der Waals surface area contributed by atoms with Crippen LogP contribution in [0.1, 0.15) is 36.2 Å². The lowest BCUT2D eigenvalue weighted by Gasteiger charge is -2.28. The van der Waals surface area contributed by atoms with E-state index in [0.717, 1.165) is 9.48 Å². The van der Waals surface area contributed by atoms with Gasteiger partial charge in [0.25, 0.3) is 11.8 Å². The molecule has 0 fully saturated rings. The Hall–Kier alpha value is -4.12. The summed E-state index contributed by atoms with van der Waals surface area (Å²) in [7, 11) is 1.50. The number of anilines is 1. The maximum atomic E-state index is 14.1. The molecule has 0 saturated carbocycles. The van der Waals surface area contributed by atoms with E-state index in [-0.39, 0.29) is 30.0 Å². The first-order valence-corrected chi connectivity index (χ1v) is 12.7. The van der Waals surface area contributed by atoms with Crippen LogP contribution in [0, 0.1) is 0 Å². The summed E-state index contributed by atoms with van der Waals surface area (Å²) in [6, 6.07) is 14.8. The molecule has 3 amide bonds. The fourth-order valence-corrected chi connectivity index (χ4v) is 4.64. The van der Waals surface area contributed by atoms with Gasteiger partial charge in [-0.3, -0.25) is 9.59 Å². The normalized spacial score (nSPS) is 16.1. The summed E-state index contributed by atoms with van der Waals surface area (Å²) in [6.45, 7) is 3.50. The summed E-state index contributed by atoms with van der Waals surface area (Å²) < 4.78 is 16.4. The Labute approximate surface area is 227 Å². The minimum absolute atomic E-state index is 0.0517. The molecule has 0 aromatic heterocycles. The van der Waals surface area contributed by atoms with E-state index in [9.17, 15) is 19.2 Å². The molecule has 1 heterocycles. The second kappa shape index (κ2) is 11.1. The quantitative estimate of drug-likeness (QED) is 0.301. The Morgan fingerprint density at radius 1 is 1.00 bits per heavy atom. The Morgan fingerprint density at radius 2 is 1.74 bits per heavy atom. The van der Waals surface area contributed by atoms with Gasteiger partial charge in [0.2, 0.25) is 5.54 Å². The summed E-state index contributed by atoms with van der Waals surface area (Å²) in [5, 5.41) is 4.75. The van der Waals surface area contributed by atoms with Crippen LogP contribution in [0.3, 0.4) is 0 Å². The fraction of sp³-hybridized carbons (Fsp3) is 0.259. The number of amides is 3. The predicted molar refractivity (Wildman–Crippen MR) is 143 cm³/mol. The van der Waals surface area contributed by atoms with Gasteiger partial charge in [0.05, 0.1) is 26.0 Å². The van der Waals surface area contributed by atoms with Gasteiger partial charge < -0.3 is 19.5 Å². The van der Waals surface area contributed by atoms with Crippen molar-refractivity contribution in [2.45, 2.75) is 25.8 Å². The van der Waals surface area contributed by atoms with E-state index in [1.54, 1.807) is 43.3 Å². The molecule has 0 unspecified atom stereocenters. The number of carbonyl (C=O) groups is 4. The van der Waals surface area contributed by atoms with E-state index < -0.39 is 29.4 Å². The fourth-order valence-electron chi connectivity index (χ4n) is 4.26. The number of hydrogen-bond donors (Lipinski definition) is 2. The number of fused-ring (bicyclic) bond motifs is 3. The van der Waals surface area contributed by atoms with Gasteiger partial charge in [-0.25, -0.2) is 20.0 Å². The molecule has 0 spiro atoms. The molecular weight excluding hydrogens is 558 g/mol. The first kappa shape index (κ1) is 26.9. The molecule has 3 aromatic rings. The highest BCUT2D eigenvalue weighted by atomic mass is 79.9. The lowest BCUT2D eigenvalue weighted by molar-refractivity contribution is -0.155. The molecule has 3 aromatic carbocycles. The molecule has 10 nitrogen and oxygen atoms in total. The summed E-state index contributed by atoms with van der Waals surface area (Å²) in [5.41, 5.74) is 0.662. The topological polar surface area (TPSA) is 123 Å². The minimum atomic E-state index is -2.30. The zero-order chi connectivity index (χ0) is 27.4. The van der Waals surface area contributed by atoms with Crippen molar-refractivity contribution in [3.63, 3.8) is 0 Å². The molecule has 198 valence electrons. The summed E-state index contributed by atoms with van der Waals surface area (Å²) in [5.74, 6) is -2.09. The van der Waals surface area contributed by atoms with E-state index in [0.29, 0.717) is 22.9 Å². The lowest BCUT2D eigenvalue weighted by atomic mass is 9.86. The second-order valence-corrected chi connectivity index (χ2v) is 9.28. The Bertz CT molecular complexity index is 1410. The maximum absolute atomic E-state index is 14.1. The van der Waals surface area contributed by atoms with Gasteiger partial charge in [0.1, 0.15) is 5.75 Å². The number of nitrogens with one attached hydrogen (secondary N) is 2. The van der Waals surface area contributed by atoms with Crippen LogP contribution in [-0.2, 0) is 24.6 Å². The van der Waals surface area contributed by atoms with Crippen molar-refractivity contribution >= 4 is 56.3 Å². The van der Waals surface area contributed by atoms with Crippen molar-refractivity contribution in [3.05, 3.63) is 70.2 Å². The Kier molecular flexibility index (Phi) is 7.86. The molecule has 0 saturated heterocycles. The molecular formula is C27H26BrN3O7. The van der Waals surface area contributed by atoms with E-state index in [1.807, 2.05) is 13.0 Å². The third-order valence-electron chi connectivity index (χ3n) is 5.97. The molecule has 0 radical (unpaired) electrons. The standard InChI is InChI=1S/C27H26BrN3O7/c1-4-14-38-26(35)30-31-21-13-8-17-15-18(28)9-12-20(17)22(21)27(24(31)33,25(34)37-5-2)29-23(32)16-6-10-19(36-3)11-7-16/h6-13,15H,4-5,14H2,1-3H3,(H,29,32)(H,30,35)/t27-/m0/s1. The summed E-state index contributed by atoms with van der Waals surface area (Å²) in [6.07, 6.45) is -0.314. The van der Waals surface area contributed by atoms with Crippen molar-refractivity contribution in [3.8, 4) is 5.75 Å². The first-order chi connectivity index (χ1) is 18.3. The van der Waals surface area contributed by atoms with Crippen molar-refractivity contribution in [2.75, 3.05) is 25.3 Å². The van der Waals surface area contributed by atoms with E-state index in [2.05, 4.69) is 26.7 Å². The molecule has 38 heavy (non-hydrogen) atoms. The van der Waals surface area contributed by atoms with Crippen LogP contribution in [0.4, 0.5) is 10.5 Å². The zero-order valence-electron chi connectivity index (χ0n) is 21.0. The number of ether oxygens (including phenoxy) is 3. The highest BCUT2D eigenvalue weighted by Crippen LogP contribution is 2.45. The maximum Gasteiger partial charge on any atom is 0.426 e. The van der Waals surface area contributed by atoms with Gasteiger partial charge >= 0.3 is 12.1 Å². The SMILES string of the molecule is CCCOC(=O)NN1C(=O)[C@](NC(=O)c2ccc(OC)cc2)(C(=O)OCC)c2c1ccc1cc(Br)ccc21. The highest BCUT2D eigenvalue weighted by molar-refractivity contribution is 9.10. The van der Waals surface area contributed by atoms with Gasteiger partial charge in [-0.05, 0) is 66.6 Å². The van der Waals surface area contributed by atoms with Crippen molar-refractivity contribution < 1.29 is 33.4 Å². The van der Waals surface area contributed by atoms with Crippen molar-refractivity contribution in [1.29, 1.82) is 0 Å². The lowest BCUT2D eigenvalue weighted by Crippen LogP contribution is -2.61. The van der Waals surface area contributed by atoms with Crippen LogP contribution < -0.4 is 20.5 Å². The number of hydrazine groups is 1. The molecule has 0 aliphatic carbocycles. The zero-order valence-corrected chi connectivity index (χ0v) is 22.6. The number of carbonyl (C=O) groups excluding carboxylic acids is 4. The van der Waals surface area contributed by atoms with Crippen molar-refractivity contribution in [2.24, 2.45) is 0 Å². The first-order valence-electron chi connectivity index (χ1n) is 11.9. The van der Waals surface area contributed by atoms with Crippen molar-refractivity contribution in [1.82, 2.24) is 10.7 Å². The number of hydrogen-bond acceptors (Lipinski definition) is 7. The van der Waals surface area contributed by atoms with Crippen LogP contribution in [0.25, 0.3) is 10.8 Å². The van der Waals surface area contributed by atoms with Gasteiger partial charge in [-0.15, -0.1) is 0 Å². The van der Waals surface area contributed by atoms with Gasteiger partial charge in [-0.2, -0.15) is 0 Å². The molecule has 0 bridgehead atoms. The minimum Gasteiger partial charge on any atom is -0.497 e. The number of methoxy groups -OCH3 is 1. The van der Waals surface area contributed by atoms with E-state index in [4.69, 9.17) is 14.2 Å². The number of halogens is 1. The van der Waals surface area contributed by atoms with Gasteiger partial charge in [0, 0.05) is 15.6 Å². The highest BCUT2D eigenvalue weighted by Gasteiger charge is 2.60. The molecule has 1 aliphatic heterocycles. The number of benzene rings is 3. The molecule has 4 rings (SSSR count). The monoisotopic (exact) mass is 583 g/mol. The molecule has 1 atom stereocenters. The number of rotatable bonds is 8. The van der Waals surface area contributed by atoms with E-state index in [1.165, 1.54) is 19.2 Å². The van der Waals surface area contributed by atoms with E-state index >= 15 is 0 Å². The summed E-state index contributed by atoms with van der Waals surface area (Å²) in [4.78, 5) is 53.7. The average molecular weight is 584 g/mol. The van der Waals surface area contributed by atoms with Crippen LogP contribution >= 0.6 is 15.9 Å². The second-order valence-electron chi connectivity index (χ2n) is 8.37. The Morgan fingerprint density at radius 3 is 2.39 bits per heavy atom. The predicted octanol–water partition coefficient (Wildman–Crippen LogP) is 4.20. The molecule has 1 aliphatic rings. The number of esters is 1.